The number of rotatable bonds is 48. The van der Waals surface area contributed by atoms with E-state index in [0.29, 0.717) is 17.4 Å². The largest absolute Gasteiger partial charge is 0.472 e. The molecule has 8 nitrogen and oxygen atoms in total. The number of phosphoric ester groups is 1. The number of aliphatic hydroxyl groups is 1. The maximum atomic E-state index is 12.8. The summed E-state index contributed by atoms with van der Waals surface area (Å²) in [6, 6.07) is -0.842. The molecule has 0 aromatic heterocycles. The van der Waals surface area contributed by atoms with Crippen molar-refractivity contribution in [3.8, 4) is 0 Å². The number of phosphoric acid groups is 1. The molecule has 0 saturated carbocycles. The molecule has 3 N–H and O–H groups in total. The zero-order valence-electron chi connectivity index (χ0n) is 42.5. The molecular weight excluding hydrogens is 816 g/mol. The summed E-state index contributed by atoms with van der Waals surface area (Å²) in [5, 5.41) is 13.7. The number of likely N-dealkylation sites (N-methyl/N-ethyl adjacent to an activating group) is 1. The zero-order valence-corrected chi connectivity index (χ0v) is 43.4. The number of hydrogen-bond donors (Lipinski definition) is 3. The van der Waals surface area contributed by atoms with E-state index in [0.717, 1.165) is 64.2 Å². The summed E-state index contributed by atoms with van der Waals surface area (Å²) < 4.78 is 23.5. The van der Waals surface area contributed by atoms with Crippen molar-refractivity contribution in [2.24, 2.45) is 0 Å². The highest BCUT2D eigenvalue weighted by Crippen LogP contribution is 2.43. The maximum absolute atomic E-state index is 12.8. The van der Waals surface area contributed by atoms with E-state index in [1.54, 1.807) is 6.08 Å². The lowest BCUT2D eigenvalue weighted by atomic mass is 10.0. The third-order valence-corrected chi connectivity index (χ3v) is 12.7. The Morgan fingerprint density at radius 2 is 0.938 bits per heavy atom. The smallest absolute Gasteiger partial charge is 0.387 e. The number of quaternary nitrogens is 1. The number of allylic oxidation sites excluding steroid dienone is 9. The van der Waals surface area contributed by atoms with Gasteiger partial charge in [0.15, 0.2) is 0 Å². The Balaban J connectivity index is 3.83. The fourth-order valence-corrected chi connectivity index (χ4v) is 8.30. The van der Waals surface area contributed by atoms with Gasteiger partial charge < -0.3 is 19.8 Å². The quantitative estimate of drug-likeness (QED) is 0.0243. The van der Waals surface area contributed by atoms with Gasteiger partial charge in [-0.3, -0.25) is 13.8 Å². The van der Waals surface area contributed by atoms with Crippen molar-refractivity contribution in [1.29, 1.82) is 0 Å². The van der Waals surface area contributed by atoms with E-state index in [1.807, 2.05) is 27.2 Å². The highest BCUT2D eigenvalue weighted by atomic mass is 31.2. The van der Waals surface area contributed by atoms with Gasteiger partial charge in [0, 0.05) is 6.42 Å². The minimum atomic E-state index is -4.33. The van der Waals surface area contributed by atoms with Crippen LogP contribution in [0.3, 0.4) is 0 Å². The molecule has 0 aliphatic carbocycles. The summed E-state index contributed by atoms with van der Waals surface area (Å²) in [6.45, 7) is 4.64. The van der Waals surface area contributed by atoms with Crippen LogP contribution in [0.25, 0.3) is 0 Å². The van der Waals surface area contributed by atoms with E-state index in [2.05, 4.69) is 67.8 Å². The zero-order chi connectivity index (χ0) is 47.1. The number of hydrogen-bond acceptors (Lipinski definition) is 5. The summed E-state index contributed by atoms with van der Waals surface area (Å²) in [4.78, 5) is 23.1. The first-order chi connectivity index (χ1) is 31.0. The topological polar surface area (TPSA) is 105 Å². The predicted octanol–water partition coefficient (Wildman–Crippen LogP) is 15.8. The van der Waals surface area contributed by atoms with Crippen molar-refractivity contribution in [2.75, 3.05) is 40.9 Å². The number of nitrogens with zero attached hydrogens (tertiary/aromatic N) is 1. The molecular formula is C55H104N2O6P+. The molecule has 0 spiro atoms. The first-order valence-electron chi connectivity index (χ1n) is 26.7. The summed E-state index contributed by atoms with van der Waals surface area (Å²) in [6.07, 6.45) is 62.2. The lowest BCUT2D eigenvalue weighted by Crippen LogP contribution is -2.45. The standard InChI is InChI=1S/C55H103N2O6P/c1-6-8-10-12-14-15-16-17-18-19-20-21-22-23-24-25-26-27-28-29-30-31-32-33-34-35-36-37-38-39-40-41-43-45-47-49-55(59)56-53(54(58)48-46-44-42-13-11-9-7-2)52-63-64(60,61)62-51-50-57(3,4)5/h8,10,14-15,17-18,20-21,46,48,53-54,58H,6-7,9,11-13,16,19,22-45,47,49-52H2,1-5H3,(H-,56,59,60,61)/p+1/b10-8-,15-14-,18-17-,21-20-,48-46+. The van der Waals surface area contributed by atoms with Crippen LogP contribution in [0.2, 0.25) is 0 Å². The lowest BCUT2D eigenvalue weighted by molar-refractivity contribution is -0.870. The predicted molar refractivity (Wildman–Crippen MR) is 277 cm³/mol. The molecule has 64 heavy (non-hydrogen) atoms. The Labute approximate surface area is 396 Å². The number of unbranched alkanes of at least 4 members (excludes halogenated alkanes) is 27. The fraction of sp³-hybridized carbons (Fsp3) is 0.800. The van der Waals surface area contributed by atoms with Crippen LogP contribution in [0, 0.1) is 0 Å². The molecule has 1 amide bonds. The molecule has 0 radical (unpaired) electrons. The Kier molecular flexibility index (Phi) is 45.0. The minimum absolute atomic E-state index is 0.0612. The molecule has 0 aliphatic rings. The van der Waals surface area contributed by atoms with Gasteiger partial charge in [0.25, 0.3) is 0 Å². The van der Waals surface area contributed by atoms with E-state index in [1.165, 1.54) is 148 Å². The summed E-state index contributed by atoms with van der Waals surface area (Å²) in [5.74, 6) is -0.180. The number of nitrogens with one attached hydrogen (secondary N) is 1. The Morgan fingerprint density at radius 1 is 0.547 bits per heavy atom. The first-order valence-corrected chi connectivity index (χ1v) is 28.2. The second kappa shape index (κ2) is 46.3. The van der Waals surface area contributed by atoms with Crippen molar-refractivity contribution < 1.29 is 32.9 Å². The van der Waals surface area contributed by atoms with Crippen LogP contribution in [-0.2, 0) is 18.4 Å². The van der Waals surface area contributed by atoms with Crippen LogP contribution in [-0.4, -0.2) is 73.4 Å². The van der Waals surface area contributed by atoms with Crippen LogP contribution in [0.1, 0.15) is 232 Å². The van der Waals surface area contributed by atoms with Crippen LogP contribution in [0.5, 0.6) is 0 Å². The van der Waals surface area contributed by atoms with E-state index >= 15 is 0 Å². The molecule has 0 aliphatic heterocycles. The number of carbonyl (C=O) groups is 1. The van der Waals surface area contributed by atoms with Gasteiger partial charge >= 0.3 is 7.82 Å². The normalized spacial score (nSPS) is 14.5. The molecule has 0 rings (SSSR count). The molecule has 9 heteroatoms. The summed E-state index contributed by atoms with van der Waals surface area (Å²) in [7, 11) is 1.57. The van der Waals surface area contributed by atoms with Crippen molar-refractivity contribution in [1.82, 2.24) is 5.32 Å². The van der Waals surface area contributed by atoms with Gasteiger partial charge in [-0.25, -0.2) is 4.57 Å². The van der Waals surface area contributed by atoms with E-state index in [4.69, 9.17) is 9.05 Å². The summed E-state index contributed by atoms with van der Waals surface area (Å²) >= 11 is 0. The highest BCUT2D eigenvalue weighted by molar-refractivity contribution is 7.47. The molecule has 0 aromatic rings. The Bertz CT molecular complexity index is 1230. The lowest BCUT2D eigenvalue weighted by Gasteiger charge is -2.25. The van der Waals surface area contributed by atoms with Crippen LogP contribution >= 0.6 is 7.82 Å². The van der Waals surface area contributed by atoms with Gasteiger partial charge in [0.1, 0.15) is 13.2 Å². The molecule has 0 bridgehead atoms. The van der Waals surface area contributed by atoms with Gasteiger partial charge in [0.2, 0.25) is 5.91 Å². The summed E-state index contributed by atoms with van der Waals surface area (Å²) in [5.41, 5.74) is 0. The van der Waals surface area contributed by atoms with Crippen molar-refractivity contribution >= 4 is 13.7 Å². The number of carbonyl (C=O) groups excluding carboxylic acids is 1. The average molecular weight is 920 g/mol. The molecule has 3 unspecified atom stereocenters. The third kappa shape index (κ3) is 48.1. The molecule has 0 saturated heterocycles. The minimum Gasteiger partial charge on any atom is -0.387 e. The first kappa shape index (κ1) is 62.2. The number of aliphatic hydroxyl groups excluding tert-OH is 1. The second-order valence-electron chi connectivity index (χ2n) is 19.2. The SMILES string of the molecule is CC/C=C\C/C=C\C/C=C\C/C=C\CCCCCCCCCCCCCCCCCCCCCCCCC(=O)NC(COP(=O)(O)OCC[N+](C)(C)C)C(O)/C=C/CCCCCCC. The van der Waals surface area contributed by atoms with Crippen LogP contribution in [0.4, 0.5) is 0 Å². The van der Waals surface area contributed by atoms with Crippen molar-refractivity contribution in [2.45, 2.75) is 244 Å². The van der Waals surface area contributed by atoms with Gasteiger partial charge in [-0.05, 0) is 57.8 Å². The molecule has 0 aromatic carbocycles. The van der Waals surface area contributed by atoms with Gasteiger partial charge in [-0.1, -0.05) is 229 Å². The van der Waals surface area contributed by atoms with Crippen LogP contribution < -0.4 is 5.32 Å². The maximum Gasteiger partial charge on any atom is 0.472 e. The third-order valence-electron chi connectivity index (χ3n) is 11.7. The van der Waals surface area contributed by atoms with Gasteiger partial charge in [-0.2, -0.15) is 0 Å². The number of amides is 1. The highest BCUT2D eigenvalue weighted by Gasteiger charge is 2.27. The van der Waals surface area contributed by atoms with Gasteiger partial charge in [0.05, 0.1) is 39.9 Å². The van der Waals surface area contributed by atoms with Crippen molar-refractivity contribution in [3.05, 3.63) is 60.8 Å². The average Bonchev–Trinajstić information content (AvgIpc) is 3.25. The second-order valence-corrected chi connectivity index (χ2v) is 20.7. The van der Waals surface area contributed by atoms with E-state index in [9.17, 15) is 19.4 Å². The monoisotopic (exact) mass is 920 g/mol. The molecule has 374 valence electrons. The van der Waals surface area contributed by atoms with Gasteiger partial charge in [-0.15, -0.1) is 0 Å². The van der Waals surface area contributed by atoms with Crippen molar-refractivity contribution in [3.63, 3.8) is 0 Å². The molecule has 3 atom stereocenters. The van der Waals surface area contributed by atoms with E-state index in [-0.39, 0.29) is 19.1 Å². The Hall–Kier alpha value is -1.80. The fourth-order valence-electron chi connectivity index (χ4n) is 7.56. The van der Waals surface area contributed by atoms with Crippen LogP contribution in [0.15, 0.2) is 60.8 Å². The van der Waals surface area contributed by atoms with E-state index < -0.39 is 20.0 Å². The Morgan fingerprint density at radius 3 is 1.38 bits per heavy atom. The molecule has 0 heterocycles. The molecule has 0 fully saturated rings.